The molecule has 0 unspecified atom stereocenters. The quantitative estimate of drug-likeness (QED) is 0.742. The predicted molar refractivity (Wildman–Crippen MR) is 108 cm³/mol. The highest BCUT2D eigenvalue weighted by molar-refractivity contribution is 6.01. The second-order valence-electron chi connectivity index (χ2n) is 8.71. The first-order chi connectivity index (χ1) is 14.3. The molecule has 3 fully saturated rings. The maximum atomic E-state index is 13.9. The number of nitrogens with two attached hydrogens (primary N) is 2. The lowest BCUT2D eigenvalue weighted by Gasteiger charge is -2.31. The van der Waals surface area contributed by atoms with E-state index in [-0.39, 0.29) is 47.4 Å². The molecule has 160 valence electrons. The van der Waals surface area contributed by atoms with Crippen LogP contribution in [0.1, 0.15) is 64.8 Å². The molecule has 2 saturated heterocycles. The zero-order valence-electron chi connectivity index (χ0n) is 17.0. The lowest BCUT2D eigenvalue weighted by molar-refractivity contribution is -0.138. The summed E-state index contributed by atoms with van der Waals surface area (Å²) in [6, 6.07) is 3.84. The summed E-state index contributed by atoms with van der Waals surface area (Å²) in [5.41, 5.74) is 11.9. The van der Waals surface area contributed by atoms with Crippen LogP contribution in [0.25, 0.3) is 0 Å². The van der Waals surface area contributed by atoms with Crippen molar-refractivity contribution in [1.82, 2.24) is 4.90 Å². The second-order valence-corrected chi connectivity index (χ2v) is 8.71. The lowest BCUT2D eigenvalue weighted by atomic mass is 9.80. The predicted octanol–water partition coefficient (Wildman–Crippen LogP) is 0.973. The van der Waals surface area contributed by atoms with Gasteiger partial charge in [0.15, 0.2) is 5.78 Å². The van der Waals surface area contributed by atoms with Crippen LogP contribution < -0.4 is 11.5 Å². The number of primary amides is 2. The van der Waals surface area contributed by atoms with Gasteiger partial charge in [0.05, 0.1) is 12.0 Å². The molecular formula is C22H27N3O5. The molecule has 0 aromatic heterocycles. The lowest BCUT2D eigenvalue weighted by Crippen LogP contribution is -2.45. The third-order valence-electron chi connectivity index (χ3n) is 6.80. The van der Waals surface area contributed by atoms with E-state index in [4.69, 9.17) is 16.2 Å². The van der Waals surface area contributed by atoms with Crippen molar-refractivity contribution in [3.63, 3.8) is 0 Å². The number of ketones is 1. The number of hydrogen-bond donors (Lipinski definition) is 2. The molecular weight excluding hydrogens is 386 g/mol. The molecule has 8 heteroatoms. The number of carbonyl (C=O) groups is 4. The van der Waals surface area contributed by atoms with Gasteiger partial charge in [0.2, 0.25) is 17.7 Å². The summed E-state index contributed by atoms with van der Waals surface area (Å²) in [6.45, 7) is 2.41. The Labute approximate surface area is 174 Å². The van der Waals surface area contributed by atoms with E-state index in [1.165, 1.54) is 18.2 Å². The Morgan fingerprint density at radius 2 is 1.83 bits per heavy atom. The molecule has 2 heterocycles. The van der Waals surface area contributed by atoms with E-state index in [0.29, 0.717) is 12.1 Å². The molecule has 30 heavy (non-hydrogen) atoms. The fraction of sp³-hybridized carbons (Fsp3) is 0.545. The topological polar surface area (TPSA) is 133 Å². The van der Waals surface area contributed by atoms with Crippen molar-refractivity contribution in [2.45, 2.75) is 50.7 Å². The van der Waals surface area contributed by atoms with Crippen molar-refractivity contribution in [1.29, 1.82) is 0 Å². The molecule has 0 spiro atoms. The molecule has 2 aliphatic heterocycles. The number of likely N-dealkylation sites (tertiary alicyclic amines) is 1. The zero-order valence-corrected chi connectivity index (χ0v) is 17.0. The first-order valence-electron chi connectivity index (χ1n) is 10.5. The van der Waals surface area contributed by atoms with Crippen LogP contribution in [0.3, 0.4) is 0 Å². The van der Waals surface area contributed by atoms with Crippen LogP contribution in [-0.2, 0) is 14.3 Å². The normalized spacial score (nSPS) is 27.3. The molecule has 0 bridgehead atoms. The molecule has 3 amide bonds. The minimum absolute atomic E-state index is 0.00510. The molecule has 1 aromatic carbocycles. The fourth-order valence-corrected chi connectivity index (χ4v) is 5.38. The van der Waals surface area contributed by atoms with E-state index >= 15 is 0 Å². The number of carbonyl (C=O) groups excluding carboxylic acids is 4. The molecule has 0 radical (unpaired) electrons. The molecule has 8 nitrogen and oxygen atoms in total. The van der Waals surface area contributed by atoms with Crippen molar-refractivity contribution in [3.8, 4) is 0 Å². The Kier molecular flexibility index (Phi) is 5.36. The third kappa shape index (κ3) is 3.39. The molecule has 1 aromatic rings. The number of fused-ring (bicyclic) bond motifs is 1. The van der Waals surface area contributed by atoms with E-state index < -0.39 is 23.8 Å². The van der Waals surface area contributed by atoms with Gasteiger partial charge in [0.25, 0.3) is 0 Å². The Morgan fingerprint density at radius 3 is 2.47 bits per heavy atom. The summed E-state index contributed by atoms with van der Waals surface area (Å²) in [7, 11) is 0. The Bertz CT molecular complexity index is 908. The van der Waals surface area contributed by atoms with E-state index in [1.54, 1.807) is 4.90 Å². The average Bonchev–Trinajstić information content (AvgIpc) is 3.42. The number of amides is 3. The average molecular weight is 413 g/mol. The molecule has 4 rings (SSSR count). The van der Waals surface area contributed by atoms with Crippen molar-refractivity contribution in [2.75, 3.05) is 13.2 Å². The van der Waals surface area contributed by atoms with Gasteiger partial charge in [-0.1, -0.05) is 19.8 Å². The van der Waals surface area contributed by atoms with Gasteiger partial charge in [-0.05, 0) is 42.5 Å². The molecule has 1 saturated carbocycles. The van der Waals surface area contributed by atoms with Crippen LogP contribution in [0, 0.1) is 11.8 Å². The summed E-state index contributed by atoms with van der Waals surface area (Å²) in [5, 5.41) is 0. The first kappa shape index (κ1) is 20.5. The van der Waals surface area contributed by atoms with Gasteiger partial charge in [-0.2, -0.15) is 0 Å². The van der Waals surface area contributed by atoms with E-state index in [0.717, 1.165) is 25.7 Å². The van der Waals surface area contributed by atoms with Crippen LogP contribution in [-0.4, -0.2) is 53.7 Å². The molecule has 4 N–H and O–H groups in total. The Hall–Kier alpha value is -2.74. The minimum atomic E-state index is -0.662. The maximum Gasteiger partial charge on any atom is 0.249 e. The SMILES string of the molecule is C[C@@H]1CN(C(=O)[C@H](c2cc(C(N)=O)ccc2C(N)=O)C2CCCC2)[C@@H]2C(=O)CO[C@H]12. The van der Waals surface area contributed by atoms with Gasteiger partial charge >= 0.3 is 0 Å². The standard InChI is InChI=1S/C22H27N3O5/c1-11-9-25(18-16(26)10-30-19(11)18)22(29)17(12-4-2-3-5-12)15-8-13(20(23)27)6-7-14(15)21(24)28/h6-8,11-12,17-19H,2-5,9-10H2,1H3,(H2,23,27)(H2,24,28)/t11-,17+,18-,19-/m1/s1. The minimum Gasteiger partial charge on any atom is -0.367 e. The van der Waals surface area contributed by atoms with Crippen molar-refractivity contribution in [2.24, 2.45) is 23.3 Å². The highest BCUT2D eigenvalue weighted by Gasteiger charge is 2.52. The number of benzene rings is 1. The van der Waals surface area contributed by atoms with Crippen LogP contribution in [0.2, 0.25) is 0 Å². The highest BCUT2D eigenvalue weighted by Crippen LogP contribution is 2.42. The number of rotatable bonds is 5. The smallest absolute Gasteiger partial charge is 0.249 e. The zero-order chi connectivity index (χ0) is 21.6. The summed E-state index contributed by atoms with van der Waals surface area (Å²) in [5.74, 6) is -2.21. The van der Waals surface area contributed by atoms with Crippen molar-refractivity contribution >= 4 is 23.5 Å². The Balaban J connectivity index is 1.79. The van der Waals surface area contributed by atoms with Gasteiger partial charge < -0.3 is 21.1 Å². The summed E-state index contributed by atoms with van der Waals surface area (Å²) in [4.78, 5) is 51.9. The summed E-state index contributed by atoms with van der Waals surface area (Å²) < 4.78 is 5.63. The Morgan fingerprint density at radius 1 is 1.13 bits per heavy atom. The first-order valence-corrected chi connectivity index (χ1v) is 10.5. The number of Topliss-reactive ketones (excluding diaryl/α,β-unsaturated/α-hetero) is 1. The fourth-order valence-electron chi connectivity index (χ4n) is 5.38. The van der Waals surface area contributed by atoms with E-state index in [9.17, 15) is 19.2 Å². The van der Waals surface area contributed by atoms with Gasteiger partial charge in [0, 0.05) is 23.6 Å². The maximum absolute atomic E-state index is 13.9. The van der Waals surface area contributed by atoms with Crippen LogP contribution in [0.15, 0.2) is 18.2 Å². The van der Waals surface area contributed by atoms with Crippen molar-refractivity contribution in [3.05, 3.63) is 34.9 Å². The highest BCUT2D eigenvalue weighted by atomic mass is 16.5. The van der Waals surface area contributed by atoms with Gasteiger partial charge in [0.1, 0.15) is 12.6 Å². The number of nitrogens with zero attached hydrogens (tertiary/aromatic N) is 1. The molecule has 4 atom stereocenters. The van der Waals surface area contributed by atoms with Crippen LogP contribution in [0.4, 0.5) is 0 Å². The largest absolute Gasteiger partial charge is 0.367 e. The van der Waals surface area contributed by atoms with Crippen LogP contribution >= 0.6 is 0 Å². The van der Waals surface area contributed by atoms with Gasteiger partial charge in [-0.15, -0.1) is 0 Å². The van der Waals surface area contributed by atoms with E-state index in [1.807, 2.05) is 6.92 Å². The number of hydrogen-bond acceptors (Lipinski definition) is 5. The monoisotopic (exact) mass is 413 g/mol. The number of ether oxygens (including phenoxy) is 1. The molecule has 3 aliphatic rings. The molecule has 1 aliphatic carbocycles. The van der Waals surface area contributed by atoms with Gasteiger partial charge in [-0.3, -0.25) is 19.2 Å². The summed E-state index contributed by atoms with van der Waals surface area (Å²) in [6.07, 6.45) is 3.34. The van der Waals surface area contributed by atoms with Crippen LogP contribution in [0.5, 0.6) is 0 Å². The van der Waals surface area contributed by atoms with Gasteiger partial charge in [-0.25, -0.2) is 0 Å². The van der Waals surface area contributed by atoms with E-state index in [2.05, 4.69) is 0 Å². The van der Waals surface area contributed by atoms with Crippen molar-refractivity contribution < 1.29 is 23.9 Å². The second kappa shape index (κ2) is 7.83. The third-order valence-corrected chi connectivity index (χ3v) is 6.80. The summed E-state index contributed by atoms with van der Waals surface area (Å²) >= 11 is 0.